The summed E-state index contributed by atoms with van der Waals surface area (Å²) in [6.45, 7) is 0. The first kappa shape index (κ1) is 25.6. The molecule has 1 heterocycles. The van der Waals surface area contributed by atoms with Crippen molar-refractivity contribution in [2.24, 2.45) is 11.8 Å². The summed E-state index contributed by atoms with van der Waals surface area (Å²) < 4.78 is 6.38. The van der Waals surface area contributed by atoms with E-state index < -0.39 is 47.1 Å². The molecule has 1 aliphatic rings. The van der Waals surface area contributed by atoms with Crippen molar-refractivity contribution < 1.29 is 45.0 Å². The predicted molar refractivity (Wildman–Crippen MR) is 138 cm³/mol. The Labute approximate surface area is 222 Å². The topological polar surface area (TPSA) is 165 Å². The van der Waals surface area contributed by atoms with Crippen molar-refractivity contribution in [1.29, 1.82) is 0 Å². The number of rotatable bonds is 6. The minimum absolute atomic E-state index is 0.0208. The van der Waals surface area contributed by atoms with Gasteiger partial charge in [0.05, 0.1) is 35.2 Å². The Kier molecular flexibility index (Phi) is 6.59. The maximum atomic E-state index is 14.1. The van der Waals surface area contributed by atoms with Crippen LogP contribution in [0.1, 0.15) is 44.1 Å². The van der Waals surface area contributed by atoms with Crippen LogP contribution in [0.25, 0.3) is 0 Å². The van der Waals surface area contributed by atoms with E-state index in [-0.39, 0.29) is 34.1 Å². The van der Waals surface area contributed by atoms with Gasteiger partial charge in [0.15, 0.2) is 11.6 Å². The van der Waals surface area contributed by atoms with Gasteiger partial charge in [-0.25, -0.2) is 0 Å². The van der Waals surface area contributed by atoms with E-state index in [0.717, 1.165) is 12.1 Å². The number of ketones is 2. The summed E-state index contributed by atoms with van der Waals surface area (Å²) in [7, 11) is 0. The molecule has 9 heteroatoms. The lowest BCUT2D eigenvalue weighted by Crippen LogP contribution is -2.31. The molecule has 39 heavy (non-hydrogen) atoms. The minimum atomic E-state index is -1.23. The summed E-state index contributed by atoms with van der Waals surface area (Å²) in [5.41, 5.74) is 0.644. The quantitative estimate of drug-likeness (QED) is 0.194. The summed E-state index contributed by atoms with van der Waals surface area (Å²) in [6.07, 6.45) is -2.06. The summed E-state index contributed by atoms with van der Waals surface area (Å²) in [4.78, 5) is 28.2. The molecule has 4 atom stereocenters. The van der Waals surface area contributed by atoms with Gasteiger partial charge >= 0.3 is 0 Å². The largest absolute Gasteiger partial charge is 0.508 e. The van der Waals surface area contributed by atoms with Gasteiger partial charge in [0.2, 0.25) is 0 Å². The molecule has 0 spiro atoms. The molecule has 0 amide bonds. The molecule has 4 aromatic carbocycles. The van der Waals surface area contributed by atoms with Crippen LogP contribution in [0.2, 0.25) is 0 Å². The lowest BCUT2D eigenvalue weighted by molar-refractivity contribution is 0.0266. The Morgan fingerprint density at radius 1 is 0.487 bits per heavy atom. The van der Waals surface area contributed by atoms with E-state index in [1.807, 2.05) is 0 Å². The van der Waals surface area contributed by atoms with Crippen molar-refractivity contribution in [3.8, 4) is 34.5 Å². The fourth-order valence-electron chi connectivity index (χ4n) is 5.02. The number of hydrogen-bond donors (Lipinski definition) is 6. The van der Waals surface area contributed by atoms with Gasteiger partial charge < -0.3 is 35.4 Å². The standard InChI is InChI=1S/C30H24O9/c31-17-5-1-15(2-6-17)29-25(27(37)21-11-9-19(33)13-23(21)35)26(28(38)22-12-10-20(34)14-24(22)36)30(39-29)16-3-7-18(32)8-4-16/h1-14,25-26,29-36H/t25-,26-,29+,30+/m0/s1. The van der Waals surface area contributed by atoms with Crippen LogP contribution in [0.15, 0.2) is 84.9 Å². The summed E-state index contributed by atoms with van der Waals surface area (Å²) in [5.74, 6) is -5.30. The molecule has 6 N–H and O–H groups in total. The molecule has 1 fully saturated rings. The van der Waals surface area contributed by atoms with Crippen LogP contribution in [-0.2, 0) is 4.74 Å². The minimum Gasteiger partial charge on any atom is -0.508 e. The van der Waals surface area contributed by atoms with E-state index in [1.165, 1.54) is 48.5 Å². The number of Topliss-reactive ketones (excluding diaryl/α,β-unsaturated/α-hetero) is 2. The zero-order valence-electron chi connectivity index (χ0n) is 20.3. The van der Waals surface area contributed by atoms with Crippen LogP contribution >= 0.6 is 0 Å². The molecule has 1 aliphatic heterocycles. The Balaban J connectivity index is 1.71. The highest BCUT2D eigenvalue weighted by Crippen LogP contribution is 2.53. The summed E-state index contributed by atoms with van der Waals surface area (Å²) >= 11 is 0. The Morgan fingerprint density at radius 3 is 1.15 bits per heavy atom. The van der Waals surface area contributed by atoms with Gasteiger partial charge in [-0.3, -0.25) is 9.59 Å². The molecule has 0 aliphatic carbocycles. The van der Waals surface area contributed by atoms with Crippen LogP contribution < -0.4 is 0 Å². The highest BCUT2D eigenvalue weighted by atomic mass is 16.5. The third-order valence-electron chi connectivity index (χ3n) is 6.87. The highest BCUT2D eigenvalue weighted by Gasteiger charge is 2.53. The van der Waals surface area contributed by atoms with Crippen molar-refractivity contribution in [3.05, 3.63) is 107 Å². The first-order valence-electron chi connectivity index (χ1n) is 12.0. The van der Waals surface area contributed by atoms with Crippen molar-refractivity contribution in [2.45, 2.75) is 12.2 Å². The lowest BCUT2D eigenvalue weighted by Gasteiger charge is -2.23. The first-order valence-corrected chi connectivity index (χ1v) is 12.0. The monoisotopic (exact) mass is 528 g/mol. The fourth-order valence-corrected chi connectivity index (χ4v) is 5.02. The molecule has 0 bridgehead atoms. The van der Waals surface area contributed by atoms with Crippen molar-refractivity contribution in [2.75, 3.05) is 0 Å². The number of hydrogen-bond acceptors (Lipinski definition) is 9. The third kappa shape index (κ3) is 4.83. The zero-order valence-corrected chi connectivity index (χ0v) is 20.3. The maximum absolute atomic E-state index is 14.1. The van der Waals surface area contributed by atoms with Crippen molar-refractivity contribution in [1.82, 2.24) is 0 Å². The molecular weight excluding hydrogens is 504 g/mol. The van der Waals surface area contributed by atoms with E-state index in [9.17, 15) is 40.2 Å². The number of aromatic hydroxyl groups is 6. The van der Waals surface area contributed by atoms with Crippen molar-refractivity contribution in [3.63, 3.8) is 0 Å². The fraction of sp³-hybridized carbons (Fsp3) is 0.133. The van der Waals surface area contributed by atoms with Crippen LogP contribution in [0, 0.1) is 11.8 Å². The third-order valence-corrected chi connectivity index (χ3v) is 6.87. The molecule has 9 nitrogen and oxygen atoms in total. The second-order valence-corrected chi connectivity index (χ2v) is 9.34. The number of phenols is 6. The molecule has 4 aromatic rings. The molecule has 0 unspecified atom stereocenters. The number of carbonyl (C=O) groups excluding carboxylic acids is 2. The van der Waals surface area contributed by atoms with E-state index in [1.54, 1.807) is 24.3 Å². The second-order valence-electron chi connectivity index (χ2n) is 9.34. The SMILES string of the molecule is O=C(c1ccc(O)cc1O)[C@@H]1[C@@H](C(=O)c2ccc(O)cc2O)[C@@H](c2ccc(O)cc2)O[C@@H]1c1ccc(O)cc1. The molecule has 0 radical (unpaired) electrons. The Morgan fingerprint density at radius 2 is 0.821 bits per heavy atom. The summed E-state index contributed by atoms with van der Waals surface area (Å²) in [5, 5.41) is 60.2. The van der Waals surface area contributed by atoms with E-state index in [0.29, 0.717) is 11.1 Å². The van der Waals surface area contributed by atoms with Crippen LogP contribution in [-0.4, -0.2) is 42.2 Å². The van der Waals surface area contributed by atoms with Gasteiger partial charge in [0.1, 0.15) is 34.5 Å². The normalized spacial score (nSPS) is 20.5. The zero-order chi connectivity index (χ0) is 27.8. The predicted octanol–water partition coefficient (Wildman–Crippen LogP) is 4.73. The number of carbonyl (C=O) groups is 2. The Bertz CT molecular complexity index is 1430. The van der Waals surface area contributed by atoms with Crippen LogP contribution in [0.5, 0.6) is 34.5 Å². The van der Waals surface area contributed by atoms with Crippen molar-refractivity contribution >= 4 is 11.6 Å². The molecule has 0 saturated carbocycles. The van der Waals surface area contributed by atoms with Gasteiger partial charge in [-0.2, -0.15) is 0 Å². The Hall–Kier alpha value is -5.02. The lowest BCUT2D eigenvalue weighted by atomic mass is 9.74. The number of benzene rings is 4. The van der Waals surface area contributed by atoms with Gasteiger partial charge in [0.25, 0.3) is 0 Å². The smallest absolute Gasteiger partial charge is 0.173 e. The van der Waals surface area contributed by atoms with Gasteiger partial charge in [0, 0.05) is 12.1 Å². The molecule has 198 valence electrons. The van der Waals surface area contributed by atoms with E-state index in [2.05, 4.69) is 0 Å². The second kappa shape index (κ2) is 10.0. The number of ether oxygens (including phenoxy) is 1. The molecule has 0 aromatic heterocycles. The van der Waals surface area contributed by atoms with E-state index >= 15 is 0 Å². The average Bonchev–Trinajstić information content (AvgIpc) is 3.29. The maximum Gasteiger partial charge on any atom is 0.173 e. The molecular formula is C30H24O9. The van der Waals surface area contributed by atoms with Crippen LogP contribution in [0.4, 0.5) is 0 Å². The summed E-state index contributed by atoms with van der Waals surface area (Å²) in [6, 6.07) is 18.8. The first-order chi connectivity index (χ1) is 18.6. The van der Waals surface area contributed by atoms with E-state index in [4.69, 9.17) is 4.74 Å². The molecule has 1 saturated heterocycles. The number of phenolic OH excluding ortho intramolecular Hbond substituents is 6. The van der Waals surface area contributed by atoms with Gasteiger partial charge in [-0.1, -0.05) is 24.3 Å². The van der Waals surface area contributed by atoms with Gasteiger partial charge in [-0.15, -0.1) is 0 Å². The van der Waals surface area contributed by atoms with Gasteiger partial charge in [-0.05, 0) is 59.7 Å². The van der Waals surface area contributed by atoms with Crippen LogP contribution in [0.3, 0.4) is 0 Å². The molecule has 5 rings (SSSR count). The average molecular weight is 529 g/mol. The highest BCUT2D eigenvalue weighted by molar-refractivity contribution is 6.08.